The zero-order valence-corrected chi connectivity index (χ0v) is 9.52. The van der Waals surface area contributed by atoms with Gasteiger partial charge in [-0.1, -0.05) is 12.8 Å². The highest BCUT2D eigenvalue weighted by molar-refractivity contribution is 7.09. The lowest BCUT2D eigenvalue weighted by Crippen LogP contribution is -2.23. The maximum Gasteiger partial charge on any atom is 0.0897 e. The summed E-state index contributed by atoms with van der Waals surface area (Å²) in [6.07, 6.45) is 6.31. The van der Waals surface area contributed by atoms with E-state index in [2.05, 4.69) is 10.4 Å². The van der Waals surface area contributed by atoms with Gasteiger partial charge in [0, 0.05) is 17.8 Å². The molecule has 2 N–H and O–H groups in total. The monoisotopic (exact) mass is 210 g/mol. The van der Waals surface area contributed by atoms with Gasteiger partial charge in [-0.2, -0.15) is 0 Å². The van der Waals surface area contributed by atoms with E-state index in [0.717, 1.165) is 17.3 Å². The second kappa shape index (κ2) is 4.41. The quantitative estimate of drug-likeness (QED) is 0.811. The van der Waals surface area contributed by atoms with Crippen LogP contribution in [0.5, 0.6) is 0 Å². The third kappa shape index (κ3) is 3.07. The van der Waals surface area contributed by atoms with Crippen LogP contribution in [0.3, 0.4) is 0 Å². The van der Waals surface area contributed by atoms with Gasteiger partial charge < -0.3 is 5.73 Å². The number of hydrogen-bond acceptors (Lipinski definition) is 3. The minimum atomic E-state index is 0.317. The average molecular weight is 210 g/mol. The molecule has 1 atom stereocenters. The summed E-state index contributed by atoms with van der Waals surface area (Å²) < 4.78 is 0. The van der Waals surface area contributed by atoms with Crippen LogP contribution in [-0.2, 0) is 6.42 Å². The van der Waals surface area contributed by atoms with Crippen LogP contribution in [-0.4, -0.2) is 11.0 Å². The van der Waals surface area contributed by atoms with Crippen LogP contribution < -0.4 is 5.73 Å². The van der Waals surface area contributed by atoms with E-state index in [9.17, 15) is 0 Å². The Morgan fingerprint density at radius 2 is 2.43 bits per heavy atom. The van der Waals surface area contributed by atoms with Gasteiger partial charge in [0.2, 0.25) is 0 Å². The smallest absolute Gasteiger partial charge is 0.0897 e. The molecule has 0 radical (unpaired) electrons. The summed E-state index contributed by atoms with van der Waals surface area (Å²) in [4.78, 5) is 4.43. The molecule has 0 amide bonds. The lowest BCUT2D eigenvalue weighted by atomic mass is 10.1. The number of nitrogens with two attached hydrogens (primary N) is 1. The molecular weight excluding hydrogens is 192 g/mol. The fourth-order valence-electron chi connectivity index (χ4n) is 1.73. The Morgan fingerprint density at radius 1 is 1.64 bits per heavy atom. The maximum atomic E-state index is 6.06. The summed E-state index contributed by atoms with van der Waals surface area (Å²) in [5.74, 6) is 0.998. The first kappa shape index (κ1) is 10.1. The number of thiazole rings is 1. The molecule has 0 aliphatic heterocycles. The SMILES string of the molecule is Cc1nc(CC(N)CCC2CC2)cs1. The molecule has 14 heavy (non-hydrogen) atoms. The molecule has 2 rings (SSSR count). The van der Waals surface area contributed by atoms with Gasteiger partial charge in [-0.05, 0) is 25.7 Å². The second-order valence-corrected chi connectivity index (χ2v) is 5.41. The van der Waals surface area contributed by atoms with Gasteiger partial charge in [0.1, 0.15) is 0 Å². The average Bonchev–Trinajstić information content (AvgIpc) is 2.88. The van der Waals surface area contributed by atoms with Crippen LogP contribution in [0, 0.1) is 12.8 Å². The fraction of sp³-hybridized carbons (Fsp3) is 0.727. The summed E-state index contributed by atoms with van der Waals surface area (Å²) in [6, 6.07) is 0.317. The van der Waals surface area contributed by atoms with Gasteiger partial charge in [-0.15, -0.1) is 11.3 Å². The van der Waals surface area contributed by atoms with Crippen molar-refractivity contribution < 1.29 is 0 Å². The van der Waals surface area contributed by atoms with E-state index >= 15 is 0 Å². The summed E-state index contributed by atoms with van der Waals surface area (Å²) in [7, 11) is 0. The van der Waals surface area contributed by atoms with Gasteiger partial charge >= 0.3 is 0 Å². The van der Waals surface area contributed by atoms with E-state index in [1.807, 2.05) is 6.92 Å². The van der Waals surface area contributed by atoms with Gasteiger partial charge in [0.05, 0.1) is 10.7 Å². The summed E-state index contributed by atoms with van der Waals surface area (Å²) in [6.45, 7) is 2.05. The van der Waals surface area contributed by atoms with Crippen molar-refractivity contribution in [3.05, 3.63) is 16.1 Å². The van der Waals surface area contributed by atoms with E-state index in [0.29, 0.717) is 6.04 Å². The van der Waals surface area contributed by atoms with E-state index in [-0.39, 0.29) is 0 Å². The third-order valence-electron chi connectivity index (χ3n) is 2.78. The fourth-order valence-corrected chi connectivity index (χ4v) is 2.35. The first-order valence-corrected chi connectivity index (χ1v) is 6.28. The van der Waals surface area contributed by atoms with Gasteiger partial charge in [-0.25, -0.2) is 4.98 Å². The number of aromatic nitrogens is 1. The molecule has 0 saturated heterocycles. The second-order valence-electron chi connectivity index (χ2n) is 4.34. The lowest BCUT2D eigenvalue weighted by Gasteiger charge is -2.08. The predicted octanol–water partition coefficient (Wildman–Crippen LogP) is 2.51. The van der Waals surface area contributed by atoms with Crippen LogP contribution in [0.1, 0.15) is 36.4 Å². The van der Waals surface area contributed by atoms with Crippen LogP contribution in [0.25, 0.3) is 0 Å². The Hall–Kier alpha value is -0.410. The zero-order valence-electron chi connectivity index (χ0n) is 8.70. The van der Waals surface area contributed by atoms with Crippen molar-refractivity contribution in [1.29, 1.82) is 0 Å². The van der Waals surface area contributed by atoms with Crippen LogP contribution in [0.2, 0.25) is 0 Å². The maximum absolute atomic E-state index is 6.06. The molecular formula is C11H18N2S. The Labute approximate surface area is 89.5 Å². The number of hydrogen-bond donors (Lipinski definition) is 1. The molecule has 0 bridgehead atoms. The van der Waals surface area contributed by atoms with Crippen molar-refractivity contribution in [3.8, 4) is 0 Å². The molecule has 1 fully saturated rings. The molecule has 1 aromatic rings. The highest BCUT2D eigenvalue weighted by Crippen LogP contribution is 2.33. The van der Waals surface area contributed by atoms with Crippen molar-refractivity contribution in [3.63, 3.8) is 0 Å². The van der Waals surface area contributed by atoms with Gasteiger partial charge in [0.25, 0.3) is 0 Å². The Balaban J connectivity index is 1.72. The summed E-state index contributed by atoms with van der Waals surface area (Å²) in [5, 5.41) is 3.28. The number of aryl methyl sites for hydroxylation is 1. The van der Waals surface area contributed by atoms with Crippen molar-refractivity contribution >= 4 is 11.3 Å². The molecule has 78 valence electrons. The molecule has 3 heteroatoms. The highest BCUT2D eigenvalue weighted by atomic mass is 32.1. The van der Waals surface area contributed by atoms with Crippen molar-refractivity contribution in [2.75, 3.05) is 0 Å². The minimum Gasteiger partial charge on any atom is -0.327 e. The molecule has 1 aliphatic carbocycles. The van der Waals surface area contributed by atoms with E-state index < -0.39 is 0 Å². The van der Waals surface area contributed by atoms with Gasteiger partial charge in [-0.3, -0.25) is 0 Å². The lowest BCUT2D eigenvalue weighted by molar-refractivity contribution is 0.547. The Morgan fingerprint density at radius 3 is 3.00 bits per heavy atom. The normalized spacial score (nSPS) is 18.4. The van der Waals surface area contributed by atoms with Crippen molar-refractivity contribution in [2.45, 2.75) is 45.1 Å². The number of nitrogens with zero attached hydrogens (tertiary/aromatic N) is 1. The molecule has 1 saturated carbocycles. The molecule has 1 aromatic heterocycles. The largest absolute Gasteiger partial charge is 0.327 e. The predicted molar refractivity (Wildman–Crippen MR) is 60.5 cm³/mol. The van der Waals surface area contributed by atoms with E-state index in [4.69, 9.17) is 5.73 Å². The minimum absolute atomic E-state index is 0.317. The van der Waals surface area contributed by atoms with Crippen LogP contribution in [0.4, 0.5) is 0 Å². The Bertz CT molecular complexity index is 291. The summed E-state index contributed by atoms with van der Waals surface area (Å²) in [5.41, 5.74) is 7.23. The first-order valence-electron chi connectivity index (χ1n) is 5.40. The molecule has 1 heterocycles. The first-order chi connectivity index (χ1) is 6.74. The number of rotatable bonds is 5. The molecule has 2 nitrogen and oxygen atoms in total. The van der Waals surface area contributed by atoms with E-state index in [1.165, 1.54) is 31.4 Å². The van der Waals surface area contributed by atoms with Gasteiger partial charge in [0.15, 0.2) is 0 Å². The van der Waals surface area contributed by atoms with E-state index in [1.54, 1.807) is 11.3 Å². The third-order valence-corrected chi connectivity index (χ3v) is 3.60. The molecule has 0 spiro atoms. The molecule has 1 aliphatic rings. The molecule has 1 unspecified atom stereocenters. The zero-order chi connectivity index (χ0) is 9.97. The summed E-state index contributed by atoms with van der Waals surface area (Å²) >= 11 is 1.72. The standard InChI is InChI=1S/C11H18N2S/c1-8-13-11(7-14-8)6-10(12)5-4-9-2-3-9/h7,9-10H,2-6,12H2,1H3. The highest BCUT2D eigenvalue weighted by Gasteiger charge is 2.21. The molecule has 0 aromatic carbocycles. The van der Waals surface area contributed by atoms with Crippen LogP contribution in [0.15, 0.2) is 5.38 Å². The van der Waals surface area contributed by atoms with Crippen molar-refractivity contribution in [2.24, 2.45) is 11.7 Å². The Kier molecular flexibility index (Phi) is 3.19. The van der Waals surface area contributed by atoms with Crippen LogP contribution >= 0.6 is 11.3 Å². The van der Waals surface area contributed by atoms with Crippen molar-refractivity contribution in [1.82, 2.24) is 4.98 Å². The topological polar surface area (TPSA) is 38.9 Å².